The van der Waals surface area contributed by atoms with Crippen LogP contribution in [-0.4, -0.2) is 110 Å². The molecule has 2 aliphatic heterocycles. The summed E-state index contributed by atoms with van der Waals surface area (Å²) in [5.74, 6) is -0.266. The number of hydrogen-bond acceptors (Lipinski definition) is 16. The smallest absolute Gasteiger partial charge is 0.388 e. The summed E-state index contributed by atoms with van der Waals surface area (Å²) in [4.78, 5) is 41.7. The van der Waals surface area contributed by atoms with Gasteiger partial charge in [0, 0.05) is 0 Å². The molecule has 2 aliphatic rings. The van der Waals surface area contributed by atoms with Gasteiger partial charge < -0.3 is 50.5 Å². The number of imidazole rings is 1. The third-order valence-electron chi connectivity index (χ3n) is 5.72. The number of aromatic amines is 1. The summed E-state index contributed by atoms with van der Waals surface area (Å²) in [5, 5.41) is 50.0. The molecule has 0 bridgehead atoms. The van der Waals surface area contributed by atoms with Crippen LogP contribution in [0.2, 0.25) is 0 Å². The molecule has 22 heteroatoms. The molecule has 214 valence electrons. The number of nitrogens with two attached hydrogens (primary N) is 1. The van der Waals surface area contributed by atoms with Gasteiger partial charge in [-0.1, -0.05) is 0 Å². The van der Waals surface area contributed by atoms with E-state index >= 15 is 0 Å². The first-order valence-electron chi connectivity index (χ1n) is 10.7. The number of phosphoric acid groups is 2. The molecular formula is C16H25N5O15P2. The molecule has 2 aromatic heterocycles. The van der Waals surface area contributed by atoms with Crippen LogP contribution in [0, 0.1) is 0 Å². The fraction of sp³-hybridized carbons (Fsp3) is 0.688. The Balaban J connectivity index is 1.39. The second kappa shape index (κ2) is 10.6. The molecule has 0 amide bonds. The van der Waals surface area contributed by atoms with E-state index in [1.165, 1.54) is 6.92 Å². The minimum atomic E-state index is -5.50. The Morgan fingerprint density at radius 3 is 2.42 bits per heavy atom. The third kappa shape index (κ3) is 5.83. The largest absolute Gasteiger partial charge is 0.483 e. The summed E-state index contributed by atoms with van der Waals surface area (Å²) < 4.78 is 49.3. The first-order chi connectivity index (χ1) is 17.6. The number of nitrogen functional groups attached to an aromatic ring is 1. The monoisotopic (exact) mass is 589 g/mol. The van der Waals surface area contributed by atoms with E-state index in [0.717, 1.165) is 10.9 Å². The van der Waals surface area contributed by atoms with Crippen molar-refractivity contribution in [3.05, 3.63) is 16.7 Å². The van der Waals surface area contributed by atoms with E-state index in [0.29, 0.717) is 0 Å². The number of phosphoric ester groups is 2. The molecule has 20 nitrogen and oxygen atoms in total. The lowest BCUT2D eigenvalue weighted by Gasteiger charge is -2.38. The molecule has 4 heterocycles. The zero-order valence-electron chi connectivity index (χ0n) is 19.2. The SMILES string of the molecule is C[C@@H]1O[C@H](OP(=O)(O)OP(=O)(O)OC[C@H]2O[C@@H](n3cnc4c(=O)[nH]c(N)nc43)[C@@H](O)[C@H]2O)[C@@H](O)[C@H](O)[C@@H]1O. The van der Waals surface area contributed by atoms with E-state index in [2.05, 4.69) is 28.3 Å². The summed E-state index contributed by atoms with van der Waals surface area (Å²) >= 11 is 0. The highest BCUT2D eigenvalue weighted by molar-refractivity contribution is 7.61. The summed E-state index contributed by atoms with van der Waals surface area (Å²) in [6.45, 7) is 0.291. The van der Waals surface area contributed by atoms with E-state index in [1.54, 1.807) is 0 Å². The molecule has 0 aromatic carbocycles. The lowest BCUT2D eigenvalue weighted by Crippen LogP contribution is -2.57. The van der Waals surface area contributed by atoms with Crippen LogP contribution in [0.15, 0.2) is 11.1 Å². The number of nitrogens with one attached hydrogen (secondary N) is 1. The number of aromatic nitrogens is 4. The number of rotatable bonds is 8. The number of aliphatic hydroxyl groups is 5. The standard InChI is InChI=1S/C16H25N5O15P2/c1-4-7(22)9(24)11(26)15(33-4)35-38(30,31)36-37(28,29)32-2-5-8(23)10(25)14(34-5)21-3-18-6-12(21)19-16(17)20-13(6)27/h3-5,7-11,14-15,22-26H,2H2,1H3,(H,28,29)(H,30,31)(H3,17,19,20,27)/t4-,5+,7+,8-,9+,10-,11-,14+,15+/m0/s1. The van der Waals surface area contributed by atoms with Gasteiger partial charge in [0.05, 0.1) is 19.0 Å². The Morgan fingerprint density at radius 2 is 1.74 bits per heavy atom. The molecule has 10 N–H and O–H groups in total. The molecule has 2 aromatic rings. The first-order valence-corrected chi connectivity index (χ1v) is 13.7. The average molecular weight is 589 g/mol. The van der Waals surface area contributed by atoms with Crippen molar-refractivity contribution in [2.75, 3.05) is 12.3 Å². The van der Waals surface area contributed by atoms with Gasteiger partial charge in [0.2, 0.25) is 5.95 Å². The van der Waals surface area contributed by atoms with Gasteiger partial charge in [-0.25, -0.2) is 14.1 Å². The summed E-state index contributed by atoms with van der Waals surface area (Å²) in [7, 11) is -10.9. The molecule has 0 saturated carbocycles. The van der Waals surface area contributed by atoms with Gasteiger partial charge in [-0.3, -0.25) is 23.4 Å². The first kappa shape index (κ1) is 29.1. The topological polar surface area (TPSA) is 311 Å². The van der Waals surface area contributed by atoms with Crippen LogP contribution in [0.1, 0.15) is 13.2 Å². The Kier molecular flexibility index (Phi) is 8.12. The number of anilines is 1. The molecule has 2 saturated heterocycles. The van der Waals surface area contributed by atoms with Crippen molar-refractivity contribution in [1.82, 2.24) is 19.5 Å². The van der Waals surface area contributed by atoms with Crippen molar-refractivity contribution >= 4 is 32.8 Å². The van der Waals surface area contributed by atoms with Crippen LogP contribution in [0.25, 0.3) is 11.2 Å². The van der Waals surface area contributed by atoms with Gasteiger partial charge in [-0.15, -0.1) is 0 Å². The highest BCUT2D eigenvalue weighted by Crippen LogP contribution is 2.61. The Morgan fingerprint density at radius 1 is 1.05 bits per heavy atom. The predicted octanol–water partition coefficient (Wildman–Crippen LogP) is -3.60. The van der Waals surface area contributed by atoms with Crippen molar-refractivity contribution < 1.29 is 67.3 Å². The highest BCUT2D eigenvalue weighted by Gasteiger charge is 2.49. The third-order valence-corrected chi connectivity index (χ3v) is 8.32. The highest BCUT2D eigenvalue weighted by atomic mass is 31.3. The second-order valence-corrected chi connectivity index (χ2v) is 11.4. The molecule has 11 atom stereocenters. The van der Waals surface area contributed by atoms with E-state index < -0.39 is 83.1 Å². The number of hydrogen-bond donors (Lipinski definition) is 9. The Bertz CT molecular complexity index is 1320. The van der Waals surface area contributed by atoms with Crippen LogP contribution in [0.3, 0.4) is 0 Å². The lowest BCUT2D eigenvalue weighted by molar-refractivity contribution is -0.271. The van der Waals surface area contributed by atoms with Crippen molar-refractivity contribution in [3.8, 4) is 0 Å². The van der Waals surface area contributed by atoms with E-state index in [9.17, 15) is 49.2 Å². The maximum absolute atomic E-state index is 12.3. The normalized spacial score (nSPS) is 37.2. The second-order valence-electron chi connectivity index (χ2n) is 8.42. The van der Waals surface area contributed by atoms with Gasteiger partial charge in [0.1, 0.15) is 36.6 Å². The number of nitrogens with zero attached hydrogens (tertiary/aromatic N) is 3. The molecule has 38 heavy (non-hydrogen) atoms. The van der Waals surface area contributed by atoms with E-state index in [4.69, 9.17) is 15.2 Å². The van der Waals surface area contributed by atoms with Crippen molar-refractivity contribution in [3.63, 3.8) is 0 Å². The van der Waals surface area contributed by atoms with Gasteiger partial charge in [0.25, 0.3) is 5.56 Å². The van der Waals surface area contributed by atoms with Gasteiger partial charge >= 0.3 is 15.6 Å². The minimum Gasteiger partial charge on any atom is -0.388 e. The van der Waals surface area contributed by atoms with Crippen LogP contribution in [-0.2, 0) is 32.0 Å². The molecular weight excluding hydrogens is 564 g/mol. The minimum absolute atomic E-state index is 0.0994. The summed E-state index contributed by atoms with van der Waals surface area (Å²) in [5.41, 5.74) is 4.59. The lowest BCUT2D eigenvalue weighted by atomic mass is 10.0. The fourth-order valence-electron chi connectivity index (χ4n) is 3.80. The van der Waals surface area contributed by atoms with E-state index in [1.807, 2.05) is 0 Å². The molecule has 2 fully saturated rings. The zero-order valence-corrected chi connectivity index (χ0v) is 21.0. The van der Waals surface area contributed by atoms with Crippen LogP contribution >= 0.6 is 15.6 Å². The molecule has 4 rings (SSSR count). The number of ether oxygens (including phenoxy) is 2. The van der Waals surface area contributed by atoms with E-state index in [-0.39, 0.29) is 17.1 Å². The molecule has 0 radical (unpaired) electrons. The van der Waals surface area contributed by atoms with Crippen molar-refractivity contribution in [2.45, 2.75) is 62.2 Å². The van der Waals surface area contributed by atoms with Gasteiger partial charge in [-0.2, -0.15) is 9.29 Å². The number of aliphatic hydroxyl groups excluding tert-OH is 5. The molecule has 0 spiro atoms. The Hall–Kier alpha value is -1.87. The maximum atomic E-state index is 12.3. The molecule has 2 unspecified atom stereocenters. The Labute approximate surface area is 211 Å². The predicted molar refractivity (Wildman–Crippen MR) is 119 cm³/mol. The van der Waals surface area contributed by atoms with Crippen LogP contribution in [0.5, 0.6) is 0 Å². The number of H-pyrrole nitrogens is 1. The summed E-state index contributed by atoms with van der Waals surface area (Å²) in [6.07, 6.45) is -13.8. The quantitative estimate of drug-likeness (QED) is 0.134. The maximum Gasteiger partial charge on any atom is 0.483 e. The zero-order chi connectivity index (χ0) is 28.2. The van der Waals surface area contributed by atoms with Crippen LogP contribution < -0.4 is 11.3 Å². The molecule has 0 aliphatic carbocycles. The van der Waals surface area contributed by atoms with Gasteiger partial charge in [-0.05, 0) is 6.92 Å². The summed E-state index contributed by atoms with van der Waals surface area (Å²) in [6, 6.07) is 0. The van der Waals surface area contributed by atoms with Gasteiger partial charge in [0.15, 0.2) is 23.7 Å². The number of fused-ring (bicyclic) bond motifs is 1. The average Bonchev–Trinajstić information content (AvgIpc) is 3.35. The van der Waals surface area contributed by atoms with Crippen LogP contribution in [0.4, 0.5) is 5.95 Å². The fourth-order valence-corrected chi connectivity index (χ4v) is 5.96. The van der Waals surface area contributed by atoms with Crippen molar-refractivity contribution in [1.29, 1.82) is 0 Å². The van der Waals surface area contributed by atoms with Crippen molar-refractivity contribution in [2.24, 2.45) is 0 Å².